The van der Waals surface area contributed by atoms with Gasteiger partial charge < -0.3 is 0 Å². The number of ketones is 1. The first-order valence-electron chi connectivity index (χ1n) is 4.74. The summed E-state index contributed by atoms with van der Waals surface area (Å²) in [5.41, 5.74) is 0. The maximum atomic E-state index is 11.7. The molecular formula is C10H10O3S. The van der Waals surface area contributed by atoms with Crippen molar-refractivity contribution in [2.45, 2.75) is 11.7 Å². The highest BCUT2D eigenvalue weighted by molar-refractivity contribution is 7.95. The zero-order chi connectivity index (χ0) is 9.92. The van der Waals surface area contributed by atoms with Crippen molar-refractivity contribution in [1.82, 2.24) is 0 Å². The van der Waals surface area contributed by atoms with Crippen molar-refractivity contribution in [2.24, 2.45) is 17.8 Å². The van der Waals surface area contributed by atoms with Crippen molar-refractivity contribution >= 4 is 15.6 Å². The standard InChI is InChI=1S/C10H10O3S/c11-8-3-4-14(12,13)10-7-2-1-6(5-7)9(8)10/h1-4,6-7,9-10H,5H2. The molecule has 0 aromatic carbocycles. The van der Waals surface area contributed by atoms with Crippen LogP contribution in [0.25, 0.3) is 0 Å². The molecule has 0 spiro atoms. The average Bonchev–Trinajstić information content (AvgIpc) is 2.71. The Hall–Kier alpha value is -0.900. The van der Waals surface area contributed by atoms with Crippen molar-refractivity contribution in [3.05, 3.63) is 23.6 Å². The first kappa shape index (κ1) is 8.41. The molecule has 3 rings (SSSR count). The van der Waals surface area contributed by atoms with E-state index >= 15 is 0 Å². The molecule has 4 atom stereocenters. The van der Waals surface area contributed by atoms with Crippen LogP contribution in [0.2, 0.25) is 0 Å². The van der Waals surface area contributed by atoms with E-state index in [4.69, 9.17) is 0 Å². The summed E-state index contributed by atoms with van der Waals surface area (Å²) in [5, 5.41) is 0.625. The van der Waals surface area contributed by atoms with E-state index in [1.807, 2.05) is 12.2 Å². The van der Waals surface area contributed by atoms with Crippen LogP contribution in [0.15, 0.2) is 23.6 Å². The Bertz CT molecular complexity index is 458. The minimum atomic E-state index is -3.18. The van der Waals surface area contributed by atoms with Gasteiger partial charge in [-0.2, -0.15) is 0 Å². The van der Waals surface area contributed by atoms with Crippen LogP contribution in [0.1, 0.15) is 6.42 Å². The third kappa shape index (κ3) is 0.869. The first-order valence-corrected chi connectivity index (χ1v) is 6.35. The van der Waals surface area contributed by atoms with E-state index in [1.165, 1.54) is 6.08 Å². The largest absolute Gasteiger partial charge is 0.294 e. The second-order valence-corrected chi connectivity index (χ2v) is 6.23. The fraction of sp³-hybridized carbons (Fsp3) is 0.500. The zero-order valence-electron chi connectivity index (χ0n) is 7.46. The molecular weight excluding hydrogens is 200 g/mol. The molecule has 1 heterocycles. The molecule has 0 N–H and O–H groups in total. The maximum absolute atomic E-state index is 11.7. The molecule has 0 radical (unpaired) electrons. The summed E-state index contributed by atoms with van der Waals surface area (Å²) in [7, 11) is -3.18. The molecule has 0 saturated heterocycles. The van der Waals surface area contributed by atoms with Crippen molar-refractivity contribution < 1.29 is 13.2 Å². The van der Waals surface area contributed by atoms with Gasteiger partial charge in [0.15, 0.2) is 15.6 Å². The van der Waals surface area contributed by atoms with Gasteiger partial charge >= 0.3 is 0 Å². The maximum Gasteiger partial charge on any atom is 0.175 e. The van der Waals surface area contributed by atoms with E-state index in [0.29, 0.717) is 0 Å². The first-order chi connectivity index (χ1) is 6.59. The second kappa shape index (κ2) is 2.37. The van der Waals surface area contributed by atoms with Gasteiger partial charge in [-0.15, -0.1) is 0 Å². The lowest BCUT2D eigenvalue weighted by molar-refractivity contribution is -0.118. The van der Waals surface area contributed by atoms with Gasteiger partial charge in [0.1, 0.15) is 0 Å². The molecule has 0 aromatic heterocycles. The number of carbonyl (C=O) groups excluding carboxylic acids is 1. The van der Waals surface area contributed by atoms with E-state index in [2.05, 4.69) is 0 Å². The Morgan fingerprint density at radius 1 is 1.21 bits per heavy atom. The number of allylic oxidation sites excluding steroid dienone is 3. The molecule has 1 saturated carbocycles. The van der Waals surface area contributed by atoms with E-state index in [9.17, 15) is 13.2 Å². The second-order valence-electron chi connectivity index (χ2n) is 4.23. The zero-order valence-corrected chi connectivity index (χ0v) is 8.28. The van der Waals surface area contributed by atoms with Crippen LogP contribution in [0, 0.1) is 17.8 Å². The predicted molar refractivity (Wildman–Crippen MR) is 51.1 cm³/mol. The summed E-state index contributed by atoms with van der Waals surface area (Å²) in [4.78, 5) is 11.6. The van der Waals surface area contributed by atoms with Gasteiger partial charge in [-0.3, -0.25) is 4.79 Å². The highest BCUT2D eigenvalue weighted by Crippen LogP contribution is 2.49. The van der Waals surface area contributed by atoms with E-state index in [1.54, 1.807) is 0 Å². The summed E-state index contributed by atoms with van der Waals surface area (Å²) in [5.74, 6) is -0.0669. The molecule has 0 aromatic rings. The molecule has 2 bridgehead atoms. The predicted octanol–water partition coefficient (Wildman–Crippen LogP) is 0.688. The summed E-state index contributed by atoms with van der Waals surface area (Å²) in [6.07, 6.45) is 6.02. The SMILES string of the molecule is O=C1C=CS(=O)(=O)C2C3C=CC(C3)C12. The van der Waals surface area contributed by atoms with Crippen molar-refractivity contribution in [2.75, 3.05) is 0 Å². The Kier molecular flexibility index (Phi) is 1.42. The van der Waals surface area contributed by atoms with Gasteiger partial charge in [0, 0.05) is 11.3 Å². The van der Waals surface area contributed by atoms with Gasteiger partial charge in [0.25, 0.3) is 0 Å². The Balaban J connectivity index is 2.19. The summed E-state index contributed by atoms with van der Waals surface area (Å²) >= 11 is 0. The molecule has 0 amide bonds. The van der Waals surface area contributed by atoms with E-state index in [-0.39, 0.29) is 23.5 Å². The van der Waals surface area contributed by atoms with Gasteiger partial charge in [-0.25, -0.2) is 8.42 Å². The fourth-order valence-electron chi connectivity index (χ4n) is 2.96. The summed E-state index contributed by atoms with van der Waals surface area (Å²) in [6, 6.07) is 0. The number of carbonyl (C=O) groups is 1. The lowest BCUT2D eigenvalue weighted by Crippen LogP contribution is -2.39. The van der Waals surface area contributed by atoms with Crippen molar-refractivity contribution in [3.8, 4) is 0 Å². The number of rotatable bonds is 0. The number of hydrogen-bond donors (Lipinski definition) is 0. The summed E-state index contributed by atoms with van der Waals surface area (Å²) < 4.78 is 23.5. The lowest BCUT2D eigenvalue weighted by atomic mass is 9.89. The van der Waals surface area contributed by atoms with E-state index in [0.717, 1.165) is 11.8 Å². The average molecular weight is 210 g/mol. The molecule has 4 unspecified atom stereocenters. The van der Waals surface area contributed by atoms with Crippen molar-refractivity contribution in [1.29, 1.82) is 0 Å². The minimum absolute atomic E-state index is 0.0123. The molecule has 1 aliphatic heterocycles. The molecule has 14 heavy (non-hydrogen) atoms. The third-order valence-corrected chi connectivity index (χ3v) is 5.43. The molecule has 3 aliphatic rings. The van der Waals surface area contributed by atoms with Crippen LogP contribution in [0.5, 0.6) is 0 Å². The number of fused-ring (bicyclic) bond motifs is 5. The van der Waals surface area contributed by atoms with Crippen molar-refractivity contribution in [3.63, 3.8) is 0 Å². The van der Waals surface area contributed by atoms with Gasteiger partial charge in [0.05, 0.1) is 5.25 Å². The fourth-order valence-corrected chi connectivity index (χ4v) is 4.90. The normalized spacial score (nSPS) is 47.0. The number of sulfone groups is 1. The highest BCUT2D eigenvalue weighted by Gasteiger charge is 2.54. The molecule has 2 aliphatic carbocycles. The van der Waals surface area contributed by atoms with Crippen LogP contribution < -0.4 is 0 Å². The highest BCUT2D eigenvalue weighted by atomic mass is 32.2. The van der Waals surface area contributed by atoms with Crippen LogP contribution in [0.3, 0.4) is 0 Å². The summed E-state index contributed by atoms with van der Waals surface area (Å²) in [6.45, 7) is 0. The Labute approximate surface area is 82.4 Å². The van der Waals surface area contributed by atoms with Crippen LogP contribution in [-0.2, 0) is 14.6 Å². The molecule has 4 heteroatoms. The molecule has 74 valence electrons. The molecule has 1 fully saturated rings. The topological polar surface area (TPSA) is 51.2 Å². The van der Waals surface area contributed by atoms with Gasteiger partial charge in [0.2, 0.25) is 0 Å². The molecule has 3 nitrogen and oxygen atoms in total. The minimum Gasteiger partial charge on any atom is -0.294 e. The van der Waals surface area contributed by atoms with Crippen LogP contribution in [-0.4, -0.2) is 19.5 Å². The Morgan fingerprint density at radius 3 is 2.64 bits per heavy atom. The van der Waals surface area contributed by atoms with Crippen LogP contribution in [0.4, 0.5) is 0 Å². The third-order valence-electron chi connectivity index (χ3n) is 3.52. The lowest BCUT2D eigenvalue weighted by Gasteiger charge is -2.27. The monoisotopic (exact) mass is 210 g/mol. The quantitative estimate of drug-likeness (QED) is 0.553. The Morgan fingerprint density at radius 2 is 1.93 bits per heavy atom. The van der Waals surface area contributed by atoms with Gasteiger partial charge in [-0.05, 0) is 24.3 Å². The van der Waals surface area contributed by atoms with E-state index < -0.39 is 15.1 Å². The number of hydrogen-bond acceptors (Lipinski definition) is 3. The smallest absolute Gasteiger partial charge is 0.175 e. The van der Waals surface area contributed by atoms with Gasteiger partial charge in [-0.1, -0.05) is 12.2 Å². The van der Waals surface area contributed by atoms with Crippen LogP contribution >= 0.6 is 0 Å².